The second-order valence-corrected chi connectivity index (χ2v) is 8.84. The first-order valence-corrected chi connectivity index (χ1v) is 11.2. The van der Waals surface area contributed by atoms with Gasteiger partial charge in [0, 0.05) is 28.4 Å². The van der Waals surface area contributed by atoms with Crippen molar-refractivity contribution in [3.05, 3.63) is 101 Å². The first-order chi connectivity index (χ1) is 15.5. The molecule has 3 atom stereocenters. The summed E-state index contributed by atoms with van der Waals surface area (Å²) in [6.45, 7) is 2.56. The number of rotatable bonds is 6. The molecule has 0 bridgehead atoms. The topological polar surface area (TPSA) is 54.5 Å². The van der Waals surface area contributed by atoms with Crippen LogP contribution in [0, 0.1) is 11.8 Å². The van der Waals surface area contributed by atoms with E-state index in [-0.39, 0.29) is 17.5 Å². The molecule has 2 aliphatic rings. The fourth-order valence-corrected chi connectivity index (χ4v) is 5.36. The van der Waals surface area contributed by atoms with Gasteiger partial charge in [-0.2, -0.15) is 0 Å². The van der Waals surface area contributed by atoms with E-state index < -0.39 is 17.3 Å². The Kier molecular flexibility index (Phi) is 4.98. The lowest BCUT2D eigenvalue weighted by atomic mass is 9.90. The van der Waals surface area contributed by atoms with Crippen molar-refractivity contribution in [2.45, 2.75) is 18.8 Å². The Morgan fingerprint density at radius 2 is 1.41 bits per heavy atom. The summed E-state index contributed by atoms with van der Waals surface area (Å²) >= 11 is 6.01. The van der Waals surface area contributed by atoms with Crippen LogP contribution in [0.25, 0.3) is 0 Å². The van der Waals surface area contributed by atoms with E-state index in [4.69, 9.17) is 11.6 Å². The number of Topliss-reactive ketones (excluding diaryl/α,β-unsaturated/α-hetero) is 2. The van der Waals surface area contributed by atoms with Crippen molar-refractivity contribution in [1.29, 1.82) is 0 Å². The molecule has 1 aliphatic heterocycles. The van der Waals surface area contributed by atoms with Crippen molar-refractivity contribution < 1.29 is 14.4 Å². The summed E-state index contributed by atoms with van der Waals surface area (Å²) in [6.07, 6.45) is 0.781. The number of anilines is 1. The van der Waals surface area contributed by atoms with Crippen LogP contribution in [0.5, 0.6) is 0 Å². The molecule has 1 spiro atoms. The number of hydrogen-bond donors (Lipinski definition) is 0. The third kappa shape index (κ3) is 2.86. The summed E-state index contributed by atoms with van der Waals surface area (Å²) in [4.78, 5) is 43.0. The van der Waals surface area contributed by atoms with Gasteiger partial charge in [0.2, 0.25) is 5.91 Å². The molecule has 1 saturated carbocycles. The maximum Gasteiger partial charge on any atom is 0.239 e. The molecule has 1 heterocycles. The Bertz CT molecular complexity index is 1220. The standard InChI is InChI=1S/C27H22ClNO3/c1-2-16-29-21-11-7-6-10-20(21)27(26(29)32)22(24(30)17-8-4-3-5-9-17)23(27)25(31)18-12-14-19(28)15-13-18/h3-15,22-23H,2,16H2,1H3/t22-,23-,27+/m1/s1. The first-order valence-electron chi connectivity index (χ1n) is 10.8. The Labute approximate surface area is 191 Å². The molecule has 32 heavy (non-hydrogen) atoms. The molecule has 1 aliphatic carbocycles. The zero-order chi connectivity index (χ0) is 22.5. The van der Waals surface area contributed by atoms with Crippen molar-refractivity contribution >= 4 is 34.8 Å². The molecule has 1 amide bonds. The van der Waals surface area contributed by atoms with E-state index in [1.807, 2.05) is 37.3 Å². The highest BCUT2D eigenvalue weighted by Gasteiger charge is 2.79. The Morgan fingerprint density at radius 1 is 0.844 bits per heavy atom. The number of amides is 1. The van der Waals surface area contributed by atoms with E-state index in [0.29, 0.717) is 22.7 Å². The first kappa shape index (κ1) is 20.7. The third-order valence-electron chi connectivity index (χ3n) is 6.64. The van der Waals surface area contributed by atoms with Crippen LogP contribution in [0.2, 0.25) is 5.02 Å². The molecule has 0 radical (unpaired) electrons. The minimum Gasteiger partial charge on any atom is -0.311 e. The van der Waals surface area contributed by atoms with Gasteiger partial charge in [-0.3, -0.25) is 14.4 Å². The molecule has 3 aromatic carbocycles. The lowest BCUT2D eigenvalue weighted by Crippen LogP contribution is -2.35. The predicted octanol–water partition coefficient (Wildman–Crippen LogP) is 5.35. The van der Waals surface area contributed by atoms with E-state index in [9.17, 15) is 14.4 Å². The van der Waals surface area contributed by atoms with Crippen LogP contribution in [-0.4, -0.2) is 24.0 Å². The Morgan fingerprint density at radius 3 is 2.03 bits per heavy atom. The number of carbonyl (C=O) groups excluding carboxylic acids is 3. The second-order valence-electron chi connectivity index (χ2n) is 8.40. The molecule has 0 saturated heterocycles. The summed E-state index contributed by atoms with van der Waals surface area (Å²) < 4.78 is 0. The van der Waals surface area contributed by atoms with Crippen molar-refractivity contribution in [2.75, 3.05) is 11.4 Å². The van der Waals surface area contributed by atoms with Crippen molar-refractivity contribution in [3.8, 4) is 0 Å². The molecule has 160 valence electrons. The van der Waals surface area contributed by atoms with Crippen LogP contribution in [0.4, 0.5) is 5.69 Å². The fraction of sp³-hybridized carbons (Fsp3) is 0.222. The zero-order valence-corrected chi connectivity index (χ0v) is 18.4. The molecule has 0 unspecified atom stereocenters. The number of carbonyl (C=O) groups is 3. The molecular weight excluding hydrogens is 422 g/mol. The second kappa shape index (κ2) is 7.72. The molecule has 1 fully saturated rings. The highest BCUT2D eigenvalue weighted by atomic mass is 35.5. The number of fused-ring (bicyclic) bond motifs is 2. The summed E-state index contributed by atoms with van der Waals surface area (Å²) in [5.41, 5.74) is 1.40. The molecule has 5 heteroatoms. The number of nitrogens with zero attached hydrogens (tertiary/aromatic N) is 1. The van der Waals surface area contributed by atoms with Gasteiger partial charge in [-0.15, -0.1) is 0 Å². The molecular formula is C27H22ClNO3. The Balaban J connectivity index is 1.66. The molecule has 3 aromatic rings. The number of para-hydroxylation sites is 1. The molecule has 4 nitrogen and oxygen atoms in total. The van der Waals surface area contributed by atoms with E-state index >= 15 is 0 Å². The van der Waals surface area contributed by atoms with Gasteiger partial charge in [0.25, 0.3) is 0 Å². The van der Waals surface area contributed by atoms with Gasteiger partial charge in [-0.1, -0.05) is 67.1 Å². The SMILES string of the molecule is CCCN1C(=O)[C@@]2(c3ccccc31)[C@@H](C(=O)c1ccccc1)[C@@H]2C(=O)c1ccc(Cl)cc1. The maximum atomic E-state index is 13.9. The molecule has 5 rings (SSSR count). The van der Waals surface area contributed by atoms with Crippen LogP contribution in [0.1, 0.15) is 39.6 Å². The lowest BCUT2D eigenvalue weighted by molar-refractivity contribution is -0.120. The van der Waals surface area contributed by atoms with Crippen molar-refractivity contribution in [3.63, 3.8) is 0 Å². The zero-order valence-electron chi connectivity index (χ0n) is 17.6. The Hall–Kier alpha value is -3.24. The highest BCUT2D eigenvalue weighted by Crippen LogP contribution is 2.67. The van der Waals surface area contributed by atoms with Gasteiger partial charge in [0.15, 0.2) is 11.6 Å². The van der Waals surface area contributed by atoms with Crippen molar-refractivity contribution in [2.24, 2.45) is 11.8 Å². The number of hydrogen-bond acceptors (Lipinski definition) is 3. The number of ketones is 2. The predicted molar refractivity (Wildman–Crippen MR) is 124 cm³/mol. The molecule has 0 N–H and O–H groups in total. The van der Waals surface area contributed by atoms with E-state index in [1.165, 1.54) is 0 Å². The summed E-state index contributed by atoms with van der Waals surface area (Å²) in [5.74, 6) is -1.99. The van der Waals surface area contributed by atoms with Crippen LogP contribution in [-0.2, 0) is 10.2 Å². The van der Waals surface area contributed by atoms with Crippen LogP contribution in [0.3, 0.4) is 0 Å². The summed E-state index contributed by atoms with van der Waals surface area (Å²) in [6, 6.07) is 23.1. The smallest absolute Gasteiger partial charge is 0.239 e. The highest BCUT2D eigenvalue weighted by molar-refractivity contribution is 6.30. The third-order valence-corrected chi connectivity index (χ3v) is 6.90. The number of benzene rings is 3. The van der Waals surface area contributed by atoms with Crippen LogP contribution < -0.4 is 4.90 Å². The van der Waals surface area contributed by atoms with Gasteiger partial charge < -0.3 is 4.90 Å². The van der Waals surface area contributed by atoms with E-state index in [1.54, 1.807) is 53.4 Å². The van der Waals surface area contributed by atoms with Gasteiger partial charge in [0.05, 0.1) is 17.3 Å². The summed E-state index contributed by atoms with van der Waals surface area (Å²) in [5, 5.41) is 0.528. The van der Waals surface area contributed by atoms with E-state index in [0.717, 1.165) is 17.7 Å². The largest absolute Gasteiger partial charge is 0.311 e. The number of halogens is 1. The van der Waals surface area contributed by atoms with Gasteiger partial charge in [0.1, 0.15) is 0 Å². The van der Waals surface area contributed by atoms with E-state index in [2.05, 4.69) is 0 Å². The van der Waals surface area contributed by atoms with Gasteiger partial charge in [-0.05, 0) is 42.3 Å². The maximum absolute atomic E-state index is 13.9. The lowest BCUT2D eigenvalue weighted by Gasteiger charge is -2.17. The van der Waals surface area contributed by atoms with Crippen molar-refractivity contribution in [1.82, 2.24) is 0 Å². The molecule has 0 aromatic heterocycles. The quantitative estimate of drug-likeness (QED) is 0.483. The van der Waals surface area contributed by atoms with Crippen LogP contribution in [0.15, 0.2) is 78.9 Å². The fourth-order valence-electron chi connectivity index (χ4n) is 5.23. The normalized spacial score (nSPS) is 23.3. The van der Waals surface area contributed by atoms with Gasteiger partial charge in [-0.25, -0.2) is 0 Å². The van der Waals surface area contributed by atoms with Gasteiger partial charge >= 0.3 is 0 Å². The average molecular weight is 444 g/mol. The minimum atomic E-state index is -1.16. The summed E-state index contributed by atoms with van der Waals surface area (Å²) in [7, 11) is 0. The monoisotopic (exact) mass is 443 g/mol. The van der Waals surface area contributed by atoms with Crippen LogP contribution >= 0.6 is 11.6 Å². The average Bonchev–Trinajstić information content (AvgIpc) is 3.47. The minimum absolute atomic E-state index is 0.151.